The average molecular weight is 213 g/mol. The topological polar surface area (TPSA) is 49.8 Å². The highest BCUT2D eigenvalue weighted by molar-refractivity contribution is 5.81. The molecule has 2 rings (SSSR count). The maximum Gasteiger partial charge on any atom is 0.251 e. The number of ether oxygens (including phenoxy) is 1. The summed E-state index contributed by atoms with van der Waals surface area (Å²) in [5, 5.41) is 9.09. The Morgan fingerprint density at radius 2 is 2.27 bits per heavy atom. The number of hydrogen-bond acceptors (Lipinski definition) is 3. The van der Waals surface area contributed by atoms with Crippen LogP contribution < -0.4 is 0 Å². The smallest absolute Gasteiger partial charge is 0.251 e. The van der Waals surface area contributed by atoms with E-state index in [0.717, 1.165) is 32.2 Å². The summed E-state index contributed by atoms with van der Waals surface area (Å²) in [7, 11) is 0. The number of aliphatic hydroxyl groups excluding tert-OH is 1. The van der Waals surface area contributed by atoms with Gasteiger partial charge in [-0.1, -0.05) is 0 Å². The second-order valence-corrected chi connectivity index (χ2v) is 4.48. The molecule has 2 fully saturated rings. The number of piperidine rings is 1. The maximum atomic E-state index is 12.0. The molecule has 2 saturated heterocycles. The minimum atomic E-state index is -0.206. The molecular weight excluding hydrogens is 194 g/mol. The van der Waals surface area contributed by atoms with E-state index in [0.29, 0.717) is 13.2 Å². The Kier molecular flexibility index (Phi) is 3.59. The van der Waals surface area contributed by atoms with Crippen molar-refractivity contribution in [1.82, 2.24) is 4.90 Å². The lowest BCUT2D eigenvalue weighted by Crippen LogP contribution is -2.45. The minimum Gasteiger partial charge on any atom is -0.396 e. The van der Waals surface area contributed by atoms with Crippen LogP contribution in [0.25, 0.3) is 0 Å². The van der Waals surface area contributed by atoms with Gasteiger partial charge in [0.1, 0.15) is 6.10 Å². The molecule has 1 N–H and O–H groups in total. The summed E-state index contributed by atoms with van der Waals surface area (Å²) in [5.74, 6) is 0.398. The normalized spacial score (nSPS) is 31.9. The van der Waals surface area contributed by atoms with E-state index in [2.05, 4.69) is 0 Å². The van der Waals surface area contributed by atoms with Gasteiger partial charge in [0.05, 0.1) is 0 Å². The lowest BCUT2D eigenvalue weighted by Gasteiger charge is -2.33. The van der Waals surface area contributed by atoms with E-state index in [9.17, 15) is 4.79 Å². The molecule has 2 aliphatic rings. The van der Waals surface area contributed by atoms with Crippen molar-refractivity contribution in [2.24, 2.45) is 5.92 Å². The van der Waals surface area contributed by atoms with Gasteiger partial charge in [-0.3, -0.25) is 4.79 Å². The van der Waals surface area contributed by atoms with E-state index in [-0.39, 0.29) is 24.5 Å². The van der Waals surface area contributed by atoms with Gasteiger partial charge in [0.15, 0.2) is 0 Å². The molecule has 0 aromatic carbocycles. The van der Waals surface area contributed by atoms with Gasteiger partial charge in [-0.2, -0.15) is 0 Å². The van der Waals surface area contributed by atoms with Crippen LogP contribution in [0.4, 0.5) is 0 Å². The summed E-state index contributed by atoms with van der Waals surface area (Å²) < 4.78 is 5.38. The molecule has 0 bridgehead atoms. The van der Waals surface area contributed by atoms with Crippen molar-refractivity contribution in [2.75, 3.05) is 26.3 Å². The van der Waals surface area contributed by atoms with Gasteiger partial charge in [0.2, 0.25) is 0 Å². The molecule has 0 aliphatic carbocycles. The van der Waals surface area contributed by atoms with Crippen LogP contribution >= 0.6 is 0 Å². The minimum absolute atomic E-state index is 0.130. The first-order valence-corrected chi connectivity index (χ1v) is 5.82. The highest BCUT2D eigenvalue weighted by atomic mass is 16.5. The molecule has 0 aromatic rings. The molecule has 2 aliphatic heterocycles. The van der Waals surface area contributed by atoms with Gasteiger partial charge in [-0.25, -0.2) is 0 Å². The first-order chi connectivity index (χ1) is 7.31. The molecule has 2 atom stereocenters. The van der Waals surface area contributed by atoms with Crippen LogP contribution in [-0.2, 0) is 9.53 Å². The van der Waals surface area contributed by atoms with E-state index in [4.69, 9.17) is 9.84 Å². The lowest BCUT2D eigenvalue weighted by molar-refractivity contribution is -0.143. The molecule has 2 heterocycles. The van der Waals surface area contributed by atoms with Crippen LogP contribution in [0, 0.1) is 5.92 Å². The van der Waals surface area contributed by atoms with E-state index >= 15 is 0 Å². The second-order valence-electron chi connectivity index (χ2n) is 4.48. The van der Waals surface area contributed by atoms with Crippen molar-refractivity contribution >= 4 is 5.91 Å². The number of carbonyl (C=O) groups is 1. The Morgan fingerprint density at radius 3 is 2.93 bits per heavy atom. The molecule has 0 aromatic heterocycles. The molecule has 15 heavy (non-hydrogen) atoms. The SMILES string of the molecule is O=C([C@@H]1CCCO1)N1CCC[C@@H](CO)C1. The molecule has 4 heteroatoms. The second kappa shape index (κ2) is 4.94. The molecule has 86 valence electrons. The maximum absolute atomic E-state index is 12.0. The summed E-state index contributed by atoms with van der Waals surface area (Å²) in [5.41, 5.74) is 0. The van der Waals surface area contributed by atoms with Crippen molar-refractivity contribution in [2.45, 2.75) is 31.8 Å². The van der Waals surface area contributed by atoms with Gasteiger partial charge in [-0.15, -0.1) is 0 Å². The third-order valence-corrected chi connectivity index (χ3v) is 3.29. The predicted molar refractivity (Wildman–Crippen MR) is 55.4 cm³/mol. The van der Waals surface area contributed by atoms with Gasteiger partial charge >= 0.3 is 0 Å². The summed E-state index contributed by atoms with van der Waals surface area (Å²) in [6.07, 6.45) is 3.69. The fourth-order valence-electron chi connectivity index (χ4n) is 2.39. The molecular formula is C11H19NO3. The molecule has 0 spiro atoms. The van der Waals surface area contributed by atoms with Crippen LogP contribution in [-0.4, -0.2) is 48.3 Å². The van der Waals surface area contributed by atoms with Gasteiger partial charge in [-0.05, 0) is 31.6 Å². The number of likely N-dealkylation sites (tertiary alicyclic amines) is 1. The number of hydrogen-bond donors (Lipinski definition) is 1. The van der Waals surface area contributed by atoms with Crippen molar-refractivity contribution in [3.8, 4) is 0 Å². The first-order valence-electron chi connectivity index (χ1n) is 5.82. The summed E-state index contributed by atoms with van der Waals surface area (Å²) in [6.45, 7) is 2.44. The van der Waals surface area contributed by atoms with Crippen LogP contribution in [0.3, 0.4) is 0 Å². The van der Waals surface area contributed by atoms with Crippen molar-refractivity contribution < 1.29 is 14.6 Å². The zero-order chi connectivity index (χ0) is 10.7. The summed E-state index contributed by atoms with van der Waals surface area (Å²) in [6, 6.07) is 0. The molecule has 0 radical (unpaired) electrons. The molecule has 4 nitrogen and oxygen atoms in total. The fraction of sp³-hybridized carbons (Fsp3) is 0.909. The summed E-state index contributed by atoms with van der Waals surface area (Å²) in [4.78, 5) is 13.8. The Bertz CT molecular complexity index is 226. The standard InChI is InChI=1S/C11H19NO3/c13-8-9-3-1-5-12(7-9)11(14)10-4-2-6-15-10/h9-10,13H,1-8H2/t9-,10+/m1/s1. The van der Waals surface area contributed by atoms with Crippen molar-refractivity contribution in [3.63, 3.8) is 0 Å². The van der Waals surface area contributed by atoms with E-state index < -0.39 is 0 Å². The Morgan fingerprint density at radius 1 is 1.40 bits per heavy atom. The Labute approximate surface area is 90.2 Å². The average Bonchev–Trinajstić information content (AvgIpc) is 2.81. The number of rotatable bonds is 2. The molecule has 0 unspecified atom stereocenters. The third kappa shape index (κ3) is 2.49. The van der Waals surface area contributed by atoms with Gasteiger partial charge in [0, 0.05) is 26.3 Å². The van der Waals surface area contributed by atoms with E-state index in [1.54, 1.807) is 0 Å². The first kappa shape index (κ1) is 10.9. The number of nitrogens with zero attached hydrogens (tertiary/aromatic N) is 1. The van der Waals surface area contributed by atoms with Crippen molar-refractivity contribution in [3.05, 3.63) is 0 Å². The molecule has 1 amide bonds. The predicted octanol–water partition coefficient (Wildman–Crippen LogP) is 0.396. The number of amides is 1. The summed E-state index contributed by atoms with van der Waals surface area (Å²) >= 11 is 0. The monoisotopic (exact) mass is 213 g/mol. The number of carbonyl (C=O) groups excluding carboxylic acids is 1. The lowest BCUT2D eigenvalue weighted by atomic mass is 9.98. The number of aliphatic hydroxyl groups is 1. The van der Waals surface area contributed by atoms with Crippen LogP contribution in [0.2, 0.25) is 0 Å². The quantitative estimate of drug-likeness (QED) is 0.722. The van der Waals surface area contributed by atoms with E-state index in [1.807, 2.05) is 4.90 Å². The Balaban J connectivity index is 1.88. The highest BCUT2D eigenvalue weighted by Gasteiger charge is 2.31. The third-order valence-electron chi connectivity index (χ3n) is 3.29. The zero-order valence-electron chi connectivity index (χ0n) is 9.02. The largest absolute Gasteiger partial charge is 0.396 e. The zero-order valence-corrected chi connectivity index (χ0v) is 9.02. The van der Waals surface area contributed by atoms with Gasteiger partial charge in [0.25, 0.3) is 5.91 Å². The van der Waals surface area contributed by atoms with Crippen LogP contribution in [0.1, 0.15) is 25.7 Å². The Hall–Kier alpha value is -0.610. The van der Waals surface area contributed by atoms with Gasteiger partial charge < -0.3 is 14.7 Å². The van der Waals surface area contributed by atoms with E-state index in [1.165, 1.54) is 0 Å². The fourth-order valence-corrected chi connectivity index (χ4v) is 2.39. The van der Waals surface area contributed by atoms with Crippen LogP contribution in [0.5, 0.6) is 0 Å². The van der Waals surface area contributed by atoms with Crippen molar-refractivity contribution in [1.29, 1.82) is 0 Å². The highest BCUT2D eigenvalue weighted by Crippen LogP contribution is 2.20. The molecule has 0 saturated carbocycles. The van der Waals surface area contributed by atoms with Crippen LogP contribution in [0.15, 0.2) is 0 Å².